The molecule has 0 spiro atoms. The van der Waals surface area contributed by atoms with Crippen molar-refractivity contribution in [1.82, 2.24) is 5.32 Å². The largest absolute Gasteiger partial charge is 0.756 e. The van der Waals surface area contributed by atoms with Crippen molar-refractivity contribution >= 4 is 25.7 Å². The molecule has 1 N–H and O–H groups in total. The Hall–Kier alpha value is -2.00. The molecule has 0 aliphatic rings. The lowest BCUT2D eigenvalue weighted by Gasteiger charge is -2.25. The first-order valence-corrected chi connectivity index (χ1v) is 28.2. The van der Waals surface area contributed by atoms with E-state index in [0.717, 1.165) is 89.9 Å². The molecular formula is C53H99NO9P-. The van der Waals surface area contributed by atoms with Gasteiger partial charge in [0.2, 0.25) is 5.91 Å². The van der Waals surface area contributed by atoms with Crippen molar-refractivity contribution in [3.05, 3.63) is 24.3 Å². The smallest absolute Gasteiger partial charge is 0.306 e. The highest BCUT2D eigenvalue weighted by Gasteiger charge is 2.21. The molecule has 0 radical (unpaired) electrons. The van der Waals surface area contributed by atoms with E-state index in [4.69, 9.17) is 18.5 Å². The highest BCUT2D eigenvalue weighted by Crippen LogP contribution is 2.38. The highest BCUT2D eigenvalue weighted by molar-refractivity contribution is 7.45. The summed E-state index contributed by atoms with van der Waals surface area (Å²) in [6, 6.07) is 0. The van der Waals surface area contributed by atoms with Crippen LogP contribution in [-0.2, 0) is 37.5 Å². The Morgan fingerprint density at radius 1 is 0.469 bits per heavy atom. The minimum absolute atomic E-state index is 0.0220. The predicted molar refractivity (Wildman–Crippen MR) is 264 cm³/mol. The fourth-order valence-corrected chi connectivity index (χ4v) is 8.28. The molecule has 0 saturated heterocycles. The van der Waals surface area contributed by atoms with E-state index in [1.54, 1.807) is 0 Å². The molecule has 0 aliphatic heterocycles. The molecule has 0 rings (SSSR count). The van der Waals surface area contributed by atoms with Crippen LogP contribution in [0, 0.1) is 0 Å². The van der Waals surface area contributed by atoms with Crippen LogP contribution in [-0.4, -0.2) is 50.3 Å². The van der Waals surface area contributed by atoms with Crippen molar-refractivity contribution in [3.8, 4) is 0 Å². The Balaban J connectivity index is 4.56. The minimum atomic E-state index is -4.78. The van der Waals surface area contributed by atoms with Crippen LogP contribution < -0.4 is 10.2 Å². The number of esters is 2. The summed E-state index contributed by atoms with van der Waals surface area (Å²) in [5, 5.41) is 2.69. The van der Waals surface area contributed by atoms with E-state index in [1.807, 2.05) is 0 Å². The Kier molecular flexibility index (Phi) is 47.4. The molecule has 0 aromatic rings. The molecule has 2 atom stereocenters. The number of allylic oxidation sites excluding steroid dienone is 4. The molecule has 0 aliphatic carbocycles. The summed E-state index contributed by atoms with van der Waals surface area (Å²) in [4.78, 5) is 50.1. The number of phosphoric acid groups is 1. The van der Waals surface area contributed by atoms with Crippen LogP contribution in [0.2, 0.25) is 0 Å². The van der Waals surface area contributed by atoms with E-state index < -0.39 is 32.5 Å². The maximum absolute atomic E-state index is 12.8. The van der Waals surface area contributed by atoms with Gasteiger partial charge in [-0.1, -0.05) is 199 Å². The van der Waals surface area contributed by atoms with Crippen LogP contribution in [0.4, 0.5) is 0 Å². The van der Waals surface area contributed by atoms with Gasteiger partial charge in [-0.25, -0.2) is 0 Å². The molecule has 376 valence electrons. The molecule has 1 amide bonds. The first-order chi connectivity index (χ1) is 31.2. The molecule has 0 heterocycles. The van der Waals surface area contributed by atoms with Gasteiger partial charge in [-0.15, -0.1) is 0 Å². The molecule has 0 saturated carbocycles. The zero-order chi connectivity index (χ0) is 46.9. The lowest BCUT2D eigenvalue weighted by molar-refractivity contribution is -0.228. The van der Waals surface area contributed by atoms with Crippen LogP contribution in [0.15, 0.2) is 24.3 Å². The fourth-order valence-electron chi connectivity index (χ4n) is 7.54. The quantitative estimate of drug-likeness (QED) is 0.0273. The number of amides is 1. The fraction of sp³-hybridized carbons (Fsp3) is 0.868. The summed E-state index contributed by atoms with van der Waals surface area (Å²) >= 11 is 0. The number of nitrogens with one attached hydrogen (secondary N) is 1. The van der Waals surface area contributed by atoms with Gasteiger partial charge in [-0.3, -0.25) is 18.9 Å². The Labute approximate surface area is 393 Å². The third-order valence-corrected chi connectivity index (χ3v) is 12.6. The number of phosphoric ester groups is 1. The van der Waals surface area contributed by atoms with Gasteiger partial charge in [0.05, 0.1) is 13.2 Å². The maximum atomic E-state index is 12.8. The van der Waals surface area contributed by atoms with Crippen molar-refractivity contribution in [2.24, 2.45) is 0 Å². The molecule has 0 aromatic heterocycles. The minimum Gasteiger partial charge on any atom is -0.756 e. The number of carbonyl (C=O) groups is 3. The summed E-state index contributed by atoms with van der Waals surface area (Å²) in [5.74, 6) is -1.05. The van der Waals surface area contributed by atoms with E-state index >= 15 is 0 Å². The molecule has 0 aromatic carbocycles. The lowest BCUT2D eigenvalue weighted by Crippen LogP contribution is -2.31. The molecule has 0 bridgehead atoms. The van der Waals surface area contributed by atoms with Crippen LogP contribution in [0.5, 0.6) is 0 Å². The van der Waals surface area contributed by atoms with E-state index in [-0.39, 0.29) is 38.5 Å². The van der Waals surface area contributed by atoms with Crippen molar-refractivity contribution < 1.29 is 42.4 Å². The Morgan fingerprint density at radius 3 is 1.25 bits per heavy atom. The van der Waals surface area contributed by atoms with Gasteiger partial charge in [0.15, 0.2) is 6.10 Å². The normalized spacial score (nSPS) is 13.1. The van der Waals surface area contributed by atoms with Crippen molar-refractivity contribution in [3.63, 3.8) is 0 Å². The maximum Gasteiger partial charge on any atom is 0.306 e. The summed E-state index contributed by atoms with van der Waals surface area (Å²) in [7, 11) is -4.78. The van der Waals surface area contributed by atoms with Crippen LogP contribution in [0.1, 0.15) is 265 Å². The molecule has 0 fully saturated rings. The second-order valence-electron chi connectivity index (χ2n) is 18.0. The van der Waals surface area contributed by atoms with E-state index in [2.05, 4.69) is 50.4 Å². The van der Waals surface area contributed by atoms with Crippen molar-refractivity contribution in [1.29, 1.82) is 0 Å². The molecule has 64 heavy (non-hydrogen) atoms. The third kappa shape index (κ3) is 47.9. The third-order valence-electron chi connectivity index (χ3n) is 11.6. The van der Waals surface area contributed by atoms with Gasteiger partial charge in [0, 0.05) is 25.8 Å². The highest BCUT2D eigenvalue weighted by atomic mass is 31.2. The lowest BCUT2D eigenvalue weighted by atomic mass is 10.1. The molecule has 10 nitrogen and oxygen atoms in total. The van der Waals surface area contributed by atoms with E-state index in [0.29, 0.717) is 19.3 Å². The molecular weight excluding hydrogens is 826 g/mol. The average molecular weight is 925 g/mol. The Bertz CT molecular complexity index is 1160. The topological polar surface area (TPSA) is 140 Å². The van der Waals surface area contributed by atoms with Gasteiger partial charge in [-0.2, -0.15) is 0 Å². The summed E-state index contributed by atoms with van der Waals surface area (Å²) in [5.41, 5.74) is 0. The predicted octanol–water partition coefficient (Wildman–Crippen LogP) is 15.1. The average Bonchev–Trinajstić information content (AvgIpc) is 3.28. The zero-order valence-corrected chi connectivity index (χ0v) is 42.6. The number of hydrogen-bond acceptors (Lipinski definition) is 9. The van der Waals surface area contributed by atoms with Crippen LogP contribution in [0.3, 0.4) is 0 Å². The zero-order valence-electron chi connectivity index (χ0n) is 41.7. The number of rotatable bonds is 50. The second-order valence-corrected chi connectivity index (χ2v) is 19.4. The van der Waals surface area contributed by atoms with Gasteiger partial charge in [-0.05, 0) is 70.6 Å². The van der Waals surface area contributed by atoms with Gasteiger partial charge >= 0.3 is 11.9 Å². The van der Waals surface area contributed by atoms with Crippen molar-refractivity contribution in [2.75, 3.05) is 26.4 Å². The second kappa shape index (κ2) is 48.9. The van der Waals surface area contributed by atoms with Crippen LogP contribution in [0.25, 0.3) is 0 Å². The summed E-state index contributed by atoms with van der Waals surface area (Å²) in [6.45, 7) is 5.60. The first-order valence-electron chi connectivity index (χ1n) is 26.8. The molecule has 11 heteroatoms. The van der Waals surface area contributed by atoms with Gasteiger partial charge < -0.3 is 28.7 Å². The number of hydrogen-bond donors (Lipinski definition) is 1. The first kappa shape index (κ1) is 62.0. The van der Waals surface area contributed by atoms with Gasteiger partial charge in [0.25, 0.3) is 7.82 Å². The summed E-state index contributed by atoms with van der Waals surface area (Å²) in [6.07, 6.45) is 49.4. The SMILES string of the molecule is CCCCCCCC/C=C\CCCCCCCC(=O)OC[C@H](COP(=O)([O-])OCCNC(=O)CCCCCCCCCCC)OC(=O)CCCCCCC/C=C\CCCCCCCC. The molecule has 1 unspecified atom stereocenters. The summed E-state index contributed by atoms with van der Waals surface area (Å²) < 4.78 is 33.6. The number of ether oxygens (including phenoxy) is 2. The standard InChI is InChI=1S/C53H100NO9P/c1-4-7-10-13-16-19-21-23-25-27-29-32-35-38-41-44-52(56)60-48-50(63-53(57)45-42-39-36-33-30-28-26-24-22-20-17-14-11-8-5-2)49-62-64(58,59)61-47-46-54-51(55)43-40-37-34-31-18-15-12-9-6-3/h23-26,50H,4-22,27-49H2,1-3H3,(H,54,55)(H,58,59)/p-1/b25-23-,26-24-/t50-/m1/s1. The van der Waals surface area contributed by atoms with Crippen molar-refractivity contribution in [2.45, 2.75) is 271 Å². The monoisotopic (exact) mass is 925 g/mol. The number of unbranched alkanes of at least 4 members (excludes halogenated alkanes) is 30. The Morgan fingerprint density at radius 2 is 0.828 bits per heavy atom. The van der Waals surface area contributed by atoms with Crippen LogP contribution >= 0.6 is 7.82 Å². The van der Waals surface area contributed by atoms with E-state index in [1.165, 1.54) is 122 Å². The number of carbonyl (C=O) groups excluding carboxylic acids is 3. The van der Waals surface area contributed by atoms with E-state index in [9.17, 15) is 23.8 Å². The van der Waals surface area contributed by atoms with Gasteiger partial charge in [0.1, 0.15) is 6.61 Å².